The van der Waals surface area contributed by atoms with Crippen LogP contribution in [0.3, 0.4) is 0 Å². The second-order valence-corrected chi connectivity index (χ2v) is 6.17. The molecule has 0 unspecified atom stereocenters. The maximum Gasteiger partial charge on any atom is 0.352 e. The van der Waals surface area contributed by atoms with Crippen molar-refractivity contribution in [1.82, 2.24) is 8.87 Å². The highest BCUT2D eigenvalue weighted by molar-refractivity contribution is 7.97. The number of carbonyl (C=O) groups is 1. The van der Waals surface area contributed by atoms with Gasteiger partial charge in [0.2, 0.25) is 6.43 Å². The van der Waals surface area contributed by atoms with Gasteiger partial charge in [0.05, 0.1) is 0 Å². The average molecular weight is 304 g/mol. The Labute approximate surface area is 120 Å². The molecule has 0 amide bonds. The summed E-state index contributed by atoms with van der Waals surface area (Å²) in [5.74, 6) is -1.46. The second-order valence-electron chi connectivity index (χ2n) is 5.04. The molecule has 0 bridgehead atoms. The van der Waals surface area contributed by atoms with E-state index in [1.54, 1.807) is 17.7 Å². The quantitative estimate of drug-likeness (QED) is 0.869. The van der Waals surface area contributed by atoms with Crippen LogP contribution >= 0.6 is 11.9 Å². The van der Waals surface area contributed by atoms with Gasteiger partial charge in [-0.1, -0.05) is 0 Å². The third kappa shape index (κ3) is 3.15. The van der Waals surface area contributed by atoms with Crippen LogP contribution in [0.2, 0.25) is 0 Å². The molecule has 0 atom stereocenters. The van der Waals surface area contributed by atoms with Crippen molar-refractivity contribution in [3.8, 4) is 0 Å². The minimum Gasteiger partial charge on any atom is -0.477 e. The Hall–Kier alpha value is -1.08. The van der Waals surface area contributed by atoms with Gasteiger partial charge >= 0.3 is 5.97 Å². The number of piperidine rings is 1. The Bertz CT molecular complexity index is 497. The predicted molar refractivity (Wildman–Crippen MR) is 73.3 cm³/mol. The monoisotopic (exact) mass is 304 g/mol. The molecule has 0 saturated carbocycles. The van der Waals surface area contributed by atoms with Gasteiger partial charge in [0, 0.05) is 36.6 Å². The number of halogens is 2. The van der Waals surface area contributed by atoms with Crippen LogP contribution < -0.4 is 0 Å². The van der Waals surface area contributed by atoms with Crippen LogP contribution in [-0.2, 0) is 7.05 Å². The van der Waals surface area contributed by atoms with Crippen molar-refractivity contribution in [2.45, 2.75) is 31.1 Å². The van der Waals surface area contributed by atoms with Gasteiger partial charge in [0.1, 0.15) is 5.69 Å². The number of aromatic nitrogens is 1. The topological polar surface area (TPSA) is 45.5 Å². The maximum absolute atomic E-state index is 12.6. The van der Waals surface area contributed by atoms with E-state index in [1.807, 2.05) is 11.2 Å². The number of carboxylic acid groups (broad SMARTS) is 1. The number of rotatable bonds is 4. The molecule has 1 fully saturated rings. The normalized spacial score (nSPS) is 17.9. The summed E-state index contributed by atoms with van der Waals surface area (Å²) in [7, 11) is 1.71. The van der Waals surface area contributed by atoms with Gasteiger partial charge in [-0.3, -0.25) is 0 Å². The number of aromatic carboxylic acids is 1. The van der Waals surface area contributed by atoms with Gasteiger partial charge in [-0.25, -0.2) is 17.9 Å². The van der Waals surface area contributed by atoms with E-state index in [0.717, 1.165) is 10.6 Å². The lowest BCUT2D eigenvalue weighted by atomic mass is 9.99. The van der Waals surface area contributed by atoms with E-state index in [4.69, 9.17) is 5.11 Å². The van der Waals surface area contributed by atoms with Crippen molar-refractivity contribution in [2.24, 2.45) is 13.0 Å². The number of carboxylic acids is 1. The average Bonchev–Trinajstić information content (AvgIpc) is 2.68. The molecule has 2 heterocycles. The molecule has 0 aliphatic carbocycles. The van der Waals surface area contributed by atoms with Crippen molar-refractivity contribution in [3.63, 3.8) is 0 Å². The largest absolute Gasteiger partial charge is 0.477 e. The summed E-state index contributed by atoms with van der Waals surface area (Å²) in [5, 5.41) is 9.08. The molecular weight excluding hydrogens is 286 g/mol. The lowest BCUT2D eigenvalue weighted by molar-refractivity contribution is 0.0505. The van der Waals surface area contributed by atoms with E-state index in [1.165, 1.54) is 11.9 Å². The molecule has 0 aromatic carbocycles. The van der Waals surface area contributed by atoms with Crippen LogP contribution in [0.25, 0.3) is 0 Å². The van der Waals surface area contributed by atoms with Gasteiger partial charge in [-0.2, -0.15) is 0 Å². The Balaban J connectivity index is 2.01. The van der Waals surface area contributed by atoms with Gasteiger partial charge in [-0.05, 0) is 37.8 Å². The predicted octanol–water partition coefficient (Wildman–Crippen LogP) is 3.02. The summed E-state index contributed by atoms with van der Waals surface area (Å²) in [6, 6.07) is 1.64. The van der Waals surface area contributed by atoms with E-state index < -0.39 is 18.3 Å². The summed E-state index contributed by atoms with van der Waals surface area (Å²) < 4.78 is 28.8. The molecule has 1 aliphatic rings. The number of alkyl halides is 2. The molecule has 1 N–H and O–H groups in total. The smallest absolute Gasteiger partial charge is 0.352 e. The Kier molecular flexibility index (Phi) is 4.70. The summed E-state index contributed by atoms with van der Waals surface area (Å²) >= 11 is 1.46. The highest BCUT2D eigenvalue weighted by atomic mass is 32.2. The number of hydrogen-bond donors (Lipinski definition) is 1. The van der Waals surface area contributed by atoms with Crippen LogP contribution in [0, 0.1) is 12.8 Å². The van der Waals surface area contributed by atoms with Crippen molar-refractivity contribution in [3.05, 3.63) is 17.5 Å². The molecular formula is C13H18F2N2O2S. The van der Waals surface area contributed by atoms with Crippen LogP contribution in [0.5, 0.6) is 0 Å². The molecule has 112 valence electrons. The van der Waals surface area contributed by atoms with Crippen LogP contribution in [0.1, 0.15) is 29.0 Å². The van der Waals surface area contributed by atoms with Gasteiger partial charge in [0.15, 0.2) is 0 Å². The summed E-state index contributed by atoms with van der Waals surface area (Å²) in [6.07, 6.45) is -1.26. The molecule has 1 saturated heterocycles. The van der Waals surface area contributed by atoms with Gasteiger partial charge in [-0.15, -0.1) is 0 Å². The zero-order valence-electron chi connectivity index (χ0n) is 11.5. The molecule has 4 nitrogen and oxygen atoms in total. The first kappa shape index (κ1) is 15.3. The van der Waals surface area contributed by atoms with Crippen molar-refractivity contribution in [1.29, 1.82) is 0 Å². The van der Waals surface area contributed by atoms with E-state index in [-0.39, 0.29) is 5.69 Å². The fourth-order valence-corrected chi connectivity index (χ4v) is 3.43. The zero-order chi connectivity index (χ0) is 14.9. The van der Waals surface area contributed by atoms with Crippen molar-refractivity contribution in [2.75, 3.05) is 13.1 Å². The molecule has 1 aromatic heterocycles. The second kappa shape index (κ2) is 6.13. The number of hydrogen-bond acceptors (Lipinski definition) is 3. The highest BCUT2D eigenvalue weighted by Gasteiger charge is 2.27. The first-order valence-electron chi connectivity index (χ1n) is 6.50. The van der Waals surface area contributed by atoms with Gasteiger partial charge in [0.25, 0.3) is 0 Å². The standard InChI is InChI=1S/C13H18F2N2O2S/c1-8-11(7-10(13(18)19)16(8)2)20-17-5-3-9(4-6-17)12(14)15/h7,9,12H,3-6H2,1-2H3,(H,18,19). The van der Waals surface area contributed by atoms with Crippen molar-refractivity contribution >= 4 is 17.9 Å². The summed E-state index contributed by atoms with van der Waals surface area (Å²) in [5.41, 5.74) is 1.12. The molecule has 0 radical (unpaired) electrons. The summed E-state index contributed by atoms with van der Waals surface area (Å²) in [6.45, 7) is 3.08. The van der Waals surface area contributed by atoms with Crippen LogP contribution in [0.4, 0.5) is 8.78 Å². The first-order valence-corrected chi connectivity index (χ1v) is 7.28. The molecule has 1 aliphatic heterocycles. The minimum atomic E-state index is -2.24. The van der Waals surface area contributed by atoms with E-state index >= 15 is 0 Å². The Morgan fingerprint density at radius 1 is 1.45 bits per heavy atom. The molecule has 7 heteroatoms. The molecule has 20 heavy (non-hydrogen) atoms. The van der Waals surface area contributed by atoms with E-state index in [9.17, 15) is 13.6 Å². The third-order valence-corrected chi connectivity index (χ3v) is 5.02. The molecule has 2 rings (SSSR count). The van der Waals surface area contributed by atoms with Gasteiger partial charge < -0.3 is 9.67 Å². The SMILES string of the molecule is Cc1c(SN2CCC(C(F)F)CC2)cc(C(=O)O)n1C. The minimum absolute atomic E-state index is 0.243. The molecule has 0 spiro atoms. The lowest BCUT2D eigenvalue weighted by Gasteiger charge is -2.30. The summed E-state index contributed by atoms with van der Waals surface area (Å²) in [4.78, 5) is 11.9. The Morgan fingerprint density at radius 3 is 2.50 bits per heavy atom. The fourth-order valence-electron chi connectivity index (χ4n) is 2.33. The Morgan fingerprint density at radius 2 is 2.05 bits per heavy atom. The van der Waals surface area contributed by atoms with Crippen LogP contribution in [-0.4, -0.2) is 39.5 Å². The van der Waals surface area contributed by atoms with E-state index in [2.05, 4.69) is 0 Å². The third-order valence-electron chi connectivity index (χ3n) is 3.79. The van der Waals surface area contributed by atoms with Crippen LogP contribution in [0.15, 0.2) is 11.0 Å². The zero-order valence-corrected chi connectivity index (χ0v) is 12.3. The molecule has 1 aromatic rings. The first-order chi connectivity index (χ1) is 9.40. The highest BCUT2D eigenvalue weighted by Crippen LogP contribution is 2.33. The van der Waals surface area contributed by atoms with Crippen molar-refractivity contribution < 1.29 is 18.7 Å². The van der Waals surface area contributed by atoms with E-state index in [0.29, 0.717) is 25.9 Å². The number of nitrogens with zero attached hydrogens (tertiary/aromatic N) is 2. The fraction of sp³-hybridized carbons (Fsp3) is 0.615. The maximum atomic E-state index is 12.6. The lowest BCUT2D eigenvalue weighted by Crippen LogP contribution is -2.31.